The topological polar surface area (TPSA) is 71.2 Å². The first-order chi connectivity index (χ1) is 5.58. The molecular weight excluding hydrogens is 216 g/mol. The molecule has 1 rings (SSSR count). The Kier molecular flexibility index (Phi) is 6.12. The van der Waals surface area contributed by atoms with Crippen molar-refractivity contribution in [3.8, 4) is 0 Å². The van der Waals surface area contributed by atoms with Crippen LogP contribution in [-0.2, 0) is 9.09 Å². The largest absolute Gasteiger partial charge is 1.00 e. The summed E-state index contributed by atoms with van der Waals surface area (Å²) >= 11 is 0. The van der Waals surface area contributed by atoms with E-state index in [4.69, 9.17) is 9.79 Å². The van der Waals surface area contributed by atoms with Crippen LogP contribution < -0.4 is 17.3 Å². The summed E-state index contributed by atoms with van der Waals surface area (Å²) in [4.78, 5) is 18.0. The Balaban J connectivity index is 0.00000144. The second-order valence-electron chi connectivity index (χ2n) is 3.07. The van der Waals surface area contributed by atoms with E-state index in [9.17, 15) is 4.57 Å². The number of piperidine rings is 1. The molecule has 7 heteroatoms. The van der Waals surface area contributed by atoms with Crippen molar-refractivity contribution in [1.82, 2.24) is 0 Å². The molecule has 13 heavy (non-hydrogen) atoms. The number of rotatable bonds is 3. The minimum atomic E-state index is -4.25. The van der Waals surface area contributed by atoms with Gasteiger partial charge in [-0.05, 0) is 19.3 Å². The normalized spacial score (nSPS) is 19.5. The van der Waals surface area contributed by atoms with Gasteiger partial charge in [0.1, 0.15) is 0 Å². The van der Waals surface area contributed by atoms with E-state index in [2.05, 4.69) is 4.52 Å². The molecule has 0 saturated carbocycles. The van der Waals surface area contributed by atoms with Crippen molar-refractivity contribution in [1.29, 1.82) is 0 Å². The average Bonchev–Trinajstić information content (AvgIpc) is 2.02. The molecule has 1 heterocycles. The van der Waals surface area contributed by atoms with Crippen LogP contribution in [0.15, 0.2) is 0 Å². The van der Waals surface area contributed by atoms with Crippen LogP contribution in [0.2, 0.25) is 0 Å². The van der Waals surface area contributed by atoms with E-state index in [0.717, 1.165) is 30.8 Å². The first-order valence-corrected chi connectivity index (χ1v) is 5.64. The SMILES string of the molecule is O=P(O)(O)OC[NH+]1CCCCC1.[Cl-]. The van der Waals surface area contributed by atoms with Gasteiger partial charge in [-0.2, -0.15) is 0 Å². The molecule has 0 amide bonds. The van der Waals surface area contributed by atoms with E-state index in [1.165, 1.54) is 6.42 Å². The lowest BCUT2D eigenvalue weighted by Crippen LogP contribution is -3.13. The predicted molar refractivity (Wildman–Crippen MR) is 42.5 cm³/mol. The third-order valence-corrected chi connectivity index (χ3v) is 2.46. The van der Waals surface area contributed by atoms with Crippen LogP contribution in [0, 0.1) is 0 Å². The molecular formula is C6H15ClNO4P. The zero-order chi connectivity index (χ0) is 9.03. The van der Waals surface area contributed by atoms with Gasteiger partial charge in [0, 0.05) is 0 Å². The smallest absolute Gasteiger partial charge is 0.474 e. The number of phosphoric acid groups is 1. The van der Waals surface area contributed by atoms with Crippen molar-refractivity contribution in [3.05, 3.63) is 0 Å². The number of nitrogens with one attached hydrogen (secondary N) is 1. The van der Waals surface area contributed by atoms with Crippen LogP contribution in [0.25, 0.3) is 0 Å². The van der Waals surface area contributed by atoms with Crippen LogP contribution in [-0.4, -0.2) is 29.6 Å². The number of quaternary nitrogens is 1. The molecule has 3 N–H and O–H groups in total. The van der Waals surface area contributed by atoms with Crippen molar-refractivity contribution in [2.75, 3.05) is 19.8 Å². The highest BCUT2D eigenvalue weighted by molar-refractivity contribution is 7.46. The average molecular weight is 232 g/mol. The summed E-state index contributed by atoms with van der Waals surface area (Å²) in [6, 6.07) is 0. The summed E-state index contributed by atoms with van der Waals surface area (Å²) in [6.07, 6.45) is 3.47. The van der Waals surface area contributed by atoms with Gasteiger partial charge >= 0.3 is 7.82 Å². The molecule has 0 bridgehead atoms. The van der Waals surface area contributed by atoms with Crippen LogP contribution in [0.5, 0.6) is 0 Å². The molecule has 0 spiro atoms. The maximum atomic E-state index is 10.3. The Hall–Kier alpha value is 0.360. The predicted octanol–water partition coefficient (Wildman–Crippen LogP) is -3.87. The first-order valence-electron chi connectivity index (χ1n) is 4.11. The molecule has 0 atom stereocenters. The minimum Gasteiger partial charge on any atom is -1.00 e. The van der Waals surface area contributed by atoms with Gasteiger partial charge in [0.05, 0.1) is 13.1 Å². The molecule has 0 unspecified atom stereocenters. The van der Waals surface area contributed by atoms with Gasteiger partial charge in [0.2, 0.25) is 0 Å². The lowest BCUT2D eigenvalue weighted by atomic mass is 10.1. The summed E-state index contributed by atoms with van der Waals surface area (Å²) in [5.41, 5.74) is 0. The zero-order valence-electron chi connectivity index (χ0n) is 7.28. The number of hydrogen-bond acceptors (Lipinski definition) is 2. The second-order valence-corrected chi connectivity index (χ2v) is 4.31. The first kappa shape index (κ1) is 13.4. The lowest BCUT2D eigenvalue weighted by Gasteiger charge is -2.22. The standard InChI is InChI=1S/C6H14NO4P.ClH/c8-12(9,10)11-6-7-4-2-1-3-5-7;/h1-6H2,(H2,8,9,10);1H. The molecule has 5 nitrogen and oxygen atoms in total. The van der Waals surface area contributed by atoms with E-state index in [-0.39, 0.29) is 19.1 Å². The molecule has 0 aromatic carbocycles. The van der Waals surface area contributed by atoms with Crippen LogP contribution >= 0.6 is 7.82 Å². The highest BCUT2D eigenvalue weighted by Gasteiger charge is 2.20. The van der Waals surface area contributed by atoms with Crippen molar-refractivity contribution in [2.24, 2.45) is 0 Å². The number of phosphoric ester groups is 1. The number of hydrogen-bond donors (Lipinski definition) is 3. The van der Waals surface area contributed by atoms with E-state index in [1.807, 2.05) is 0 Å². The lowest BCUT2D eigenvalue weighted by molar-refractivity contribution is -0.920. The molecule has 0 aromatic heterocycles. The van der Waals surface area contributed by atoms with Gasteiger partial charge in [-0.25, -0.2) is 9.09 Å². The van der Waals surface area contributed by atoms with Crippen molar-refractivity contribution >= 4 is 7.82 Å². The number of halogens is 1. The summed E-state index contributed by atoms with van der Waals surface area (Å²) < 4.78 is 14.7. The Morgan fingerprint density at radius 3 is 2.23 bits per heavy atom. The Morgan fingerprint density at radius 2 is 1.77 bits per heavy atom. The fraction of sp³-hybridized carbons (Fsp3) is 1.00. The Bertz CT molecular complexity index is 179. The van der Waals surface area contributed by atoms with Crippen molar-refractivity contribution < 1.29 is 36.2 Å². The Labute approximate surface area is 83.7 Å². The quantitative estimate of drug-likeness (QED) is 0.435. The summed E-state index contributed by atoms with van der Waals surface area (Å²) in [7, 11) is -4.25. The highest BCUT2D eigenvalue weighted by atomic mass is 35.5. The van der Waals surface area contributed by atoms with E-state index < -0.39 is 7.82 Å². The van der Waals surface area contributed by atoms with E-state index >= 15 is 0 Å². The summed E-state index contributed by atoms with van der Waals surface area (Å²) in [5.74, 6) is 0. The summed E-state index contributed by atoms with van der Waals surface area (Å²) in [5, 5.41) is 0. The van der Waals surface area contributed by atoms with Gasteiger partial charge in [-0.1, -0.05) is 0 Å². The summed E-state index contributed by atoms with van der Waals surface area (Å²) in [6.45, 7) is 2.05. The molecule has 1 saturated heterocycles. The third-order valence-electron chi connectivity index (χ3n) is 2.00. The van der Waals surface area contributed by atoms with Crippen LogP contribution in [0.3, 0.4) is 0 Å². The van der Waals surface area contributed by atoms with Gasteiger partial charge < -0.3 is 27.1 Å². The molecule has 1 aliphatic heterocycles. The second kappa shape index (κ2) is 5.96. The van der Waals surface area contributed by atoms with E-state index in [0.29, 0.717) is 0 Å². The molecule has 0 radical (unpaired) electrons. The molecule has 80 valence electrons. The molecule has 0 aliphatic carbocycles. The monoisotopic (exact) mass is 231 g/mol. The highest BCUT2D eigenvalue weighted by Crippen LogP contribution is 2.34. The van der Waals surface area contributed by atoms with Crippen LogP contribution in [0.1, 0.15) is 19.3 Å². The maximum absolute atomic E-state index is 10.3. The molecule has 1 aliphatic rings. The molecule has 0 aromatic rings. The Morgan fingerprint density at radius 1 is 1.23 bits per heavy atom. The van der Waals surface area contributed by atoms with Crippen molar-refractivity contribution in [3.63, 3.8) is 0 Å². The van der Waals surface area contributed by atoms with Gasteiger partial charge in [0.15, 0.2) is 6.73 Å². The van der Waals surface area contributed by atoms with Crippen molar-refractivity contribution in [2.45, 2.75) is 19.3 Å². The molecule has 1 fully saturated rings. The zero-order valence-corrected chi connectivity index (χ0v) is 8.93. The fourth-order valence-corrected chi connectivity index (χ4v) is 1.72. The van der Waals surface area contributed by atoms with E-state index in [1.54, 1.807) is 0 Å². The maximum Gasteiger partial charge on any atom is 0.474 e. The third kappa shape index (κ3) is 6.43. The van der Waals surface area contributed by atoms with Gasteiger partial charge in [-0.3, -0.25) is 0 Å². The number of likely N-dealkylation sites (tertiary alicyclic amines) is 1. The van der Waals surface area contributed by atoms with Gasteiger partial charge in [0.25, 0.3) is 0 Å². The fourth-order valence-electron chi connectivity index (χ4n) is 1.37. The van der Waals surface area contributed by atoms with Gasteiger partial charge in [-0.15, -0.1) is 0 Å². The minimum absolute atomic E-state index is 0. The van der Waals surface area contributed by atoms with Crippen LogP contribution in [0.4, 0.5) is 0 Å².